The molecule has 3 aromatic carbocycles. The van der Waals surface area contributed by atoms with Crippen LogP contribution in [-0.4, -0.2) is 18.2 Å². The highest BCUT2D eigenvalue weighted by atomic mass is 32.2. The Bertz CT molecular complexity index is 1250. The quantitative estimate of drug-likeness (QED) is 0.404. The normalized spacial score (nSPS) is 11.5. The van der Waals surface area contributed by atoms with Crippen LogP contribution in [0.15, 0.2) is 96.0 Å². The second-order valence-corrected chi connectivity index (χ2v) is 8.98. The molecule has 31 heavy (non-hydrogen) atoms. The highest BCUT2D eigenvalue weighted by Gasteiger charge is 2.24. The zero-order valence-corrected chi connectivity index (χ0v) is 18.1. The standard InChI is InChI=1S/C24H23N3O3S/c1-18(2)27-17-23(24(25-27)19-9-5-3-6-10-19)31(28,29)26-20-13-15-22(16-14-20)30-21-11-7-4-8-12-21/h3-18,26H,1-2H3. The van der Waals surface area contributed by atoms with Gasteiger partial charge < -0.3 is 4.74 Å². The van der Waals surface area contributed by atoms with E-state index in [0.29, 0.717) is 22.9 Å². The van der Waals surface area contributed by atoms with Crippen LogP contribution < -0.4 is 9.46 Å². The Morgan fingerprint density at radius 1 is 0.839 bits per heavy atom. The molecule has 158 valence electrons. The first-order chi connectivity index (χ1) is 14.9. The fraction of sp³-hybridized carbons (Fsp3) is 0.125. The molecule has 1 heterocycles. The average molecular weight is 434 g/mol. The van der Waals surface area contributed by atoms with E-state index in [4.69, 9.17) is 4.74 Å². The Morgan fingerprint density at radius 3 is 2.03 bits per heavy atom. The van der Waals surface area contributed by atoms with Crippen molar-refractivity contribution in [1.29, 1.82) is 0 Å². The van der Waals surface area contributed by atoms with Crippen LogP contribution in [0, 0.1) is 0 Å². The smallest absolute Gasteiger partial charge is 0.265 e. The molecule has 0 radical (unpaired) electrons. The van der Waals surface area contributed by atoms with Crippen LogP contribution in [0.4, 0.5) is 5.69 Å². The van der Waals surface area contributed by atoms with Crippen molar-refractivity contribution in [2.75, 3.05) is 4.72 Å². The highest BCUT2D eigenvalue weighted by Crippen LogP contribution is 2.29. The van der Waals surface area contributed by atoms with Crippen molar-refractivity contribution >= 4 is 15.7 Å². The van der Waals surface area contributed by atoms with Crippen LogP contribution in [0.1, 0.15) is 19.9 Å². The zero-order chi connectivity index (χ0) is 21.8. The molecule has 0 amide bonds. The first kappa shape index (κ1) is 20.7. The van der Waals surface area contributed by atoms with Crippen molar-refractivity contribution in [3.8, 4) is 22.8 Å². The molecule has 0 atom stereocenters. The number of nitrogens with zero attached hydrogens (tertiary/aromatic N) is 2. The van der Waals surface area contributed by atoms with Crippen molar-refractivity contribution in [3.05, 3.63) is 91.1 Å². The van der Waals surface area contributed by atoms with Gasteiger partial charge in [-0.2, -0.15) is 5.10 Å². The van der Waals surface area contributed by atoms with Crippen molar-refractivity contribution in [2.45, 2.75) is 24.8 Å². The fourth-order valence-corrected chi connectivity index (χ4v) is 4.27. The Labute approximate surface area is 182 Å². The number of rotatable bonds is 7. The van der Waals surface area contributed by atoms with E-state index in [-0.39, 0.29) is 10.9 Å². The van der Waals surface area contributed by atoms with E-state index in [0.717, 1.165) is 5.56 Å². The van der Waals surface area contributed by atoms with Gasteiger partial charge in [0.2, 0.25) is 0 Å². The summed E-state index contributed by atoms with van der Waals surface area (Å²) in [6.45, 7) is 3.91. The van der Waals surface area contributed by atoms with E-state index >= 15 is 0 Å². The molecule has 1 N–H and O–H groups in total. The Balaban J connectivity index is 1.60. The largest absolute Gasteiger partial charge is 0.457 e. The Hall–Kier alpha value is -3.58. The number of hydrogen-bond acceptors (Lipinski definition) is 4. The van der Waals surface area contributed by atoms with E-state index in [9.17, 15) is 8.42 Å². The van der Waals surface area contributed by atoms with Gasteiger partial charge in [-0.1, -0.05) is 48.5 Å². The van der Waals surface area contributed by atoms with Crippen LogP contribution in [0.25, 0.3) is 11.3 Å². The van der Waals surface area contributed by atoms with Crippen molar-refractivity contribution in [3.63, 3.8) is 0 Å². The topological polar surface area (TPSA) is 73.2 Å². The Morgan fingerprint density at radius 2 is 1.42 bits per heavy atom. The predicted molar refractivity (Wildman–Crippen MR) is 122 cm³/mol. The van der Waals surface area contributed by atoms with Gasteiger partial charge in [0.05, 0.1) is 0 Å². The summed E-state index contributed by atoms with van der Waals surface area (Å²) in [5.74, 6) is 1.33. The van der Waals surface area contributed by atoms with E-state index in [1.54, 1.807) is 35.1 Å². The van der Waals surface area contributed by atoms with Crippen LogP contribution in [0.5, 0.6) is 11.5 Å². The van der Waals surface area contributed by atoms with E-state index in [1.165, 1.54) is 0 Å². The molecule has 0 saturated heterocycles. The third kappa shape index (κ3) is 4.78. The van der Waals surface area contributed by atoms with Gasteiger partial charge in [-0.25, -0.2) is 8.42 Å². The lowest BCUT2D eigenvalue weighted by molar-refractivity contribution is 0.483. The van der Waals surface area contributed by atoms with Crippen molar-refractivity contribution in [1.82, 2.24) is 9.78 Å². The molecule has 1 aromatic heterocycles. The zero-order valence-electron chi connectivity index (χ0n) is 17.3. The fourth-order valence-electron chi connectivity index (χ4n) is 3.06. The minimum atomic E-state index is -3.85. The summed E-state index contributed by atoms with van der Waals surface area (Å²) in [6, 6.07) is 25.5. The summed E-state index contributed by atoms with van der Waals surface area (Å²) < 4.78 is 36.5. The van der Waals surface area contributed by atoms with E-state index in [1.807, 2.05) is 74.5 Å². The number of anilines is 1. The molecule has 0 aliphatic heterocycles. The molecule has 0 aliphatic carbocycles. The summed E-state index contributed by atoms with van der Waals surface area (Å²) in [5.41, 5.74) is 1.61. The minimum Gasteiger partial charge on any atom is -0.457 e. The third-order valence-electron chi connectivity index (χ3n) is 4.65. The van der Waals surface area contributed by atoms with Crippen LogP contribution in [0.2, 0.25) is 0 Å². The first-order valence-corrected chi connectivity index (χ1v) is 11.4. The maximum atomic E-state index is 13.2. The maximum Gasteiger partial charge on any atom is 0.265 e. The predicted octanol–water partition coefficient (Wildman–Crippen LogP) is 5.72. The lowest BCUT2D eigenvalue weighted by atomic mass is 10.2. The molecule has 4 rings (SSSR count). The van der Waals surface area contributed by atoms with Crippen LogP contribution in [-0.2, 0) is 10.0 Å². The molecule has 7 heteroatoms. The molecule has 0 spiro atoms. The summed E-state index contributed by atoms with van der Waals surface area (Å²) in [5, 5.41) is 4.53. The summed E-state index contributed by atoms with van der Waals surface area (Å²) >= 11 is 0. The Kier molecular flexibility index (Phi) is 5.77. The van der Waals surface area contributed by atoms with Gasteiger partial charge in [0.25, 0.3) is 10.0 Å². The van der Waals surface area contributed by atoms with Gasteiger partial charge in [-0.3, -0.25) is 9.40 Å². The van der Waals surface area contributed by atoms with Gasteiger partial charge in [0.15, 0.2) is 0 Å². The number of hydrogen-bond donors (Lipinski definition) is 1. The number of ether oxygens (including phenoxy) is 1. The third-order valence-corrected chi connectivity index (χ3v) is 6.03. The van der Waals surface area contributed by atoms with E-state index in [2.05, 4.69) is 9.82 Å². The van der Waals surface area contributed by atoms with Crippen LogP contribution in [0.3, 0.4) is 0 Å². The van der Waals surface area contributed by atoms with Crippen LogP contribution >= 0.6 is 0 Å². The first-order valence-electron chi connectivity index (χ1n) is 9.93. The SMILES string of the molecule is CC(C)n1cc(S(=O)(=O)Nc2ccc(Oc3ccccc3)cc2)c(-c2ccccc2)n1. The summed E-state index contributed by atoms with van der Waals surface area (Å²) in [7, 11) is -3.85. The van der Waals surface area contributed by atoms with Gasteiger partial charge in [-0.05, 0) is 50.2 Å². The minimum absolute atomic E-state index is 0.0285. The monoisotopic (exact) mass is 433 g/mol. The maximum absolute atomic E-state index is 13.2. The van der Waals surface area contributed by atoms with Crippen molar-refractivity contribution in [2.24, 2.45) is 0 Å². The molecular weight excluding hydrogens is 410 g/mol. The number of benzene rings is 3. The molecular formula is C24H23N3O3S. The van der Waals surface area contributed by atoms with Gasteiger partial charge in [0, 0.05) is 23.5 Å². The second-order valence-electron chi connectivity index (χ2n) is 7.33. The highest BCUT2D eigenvalue weighted by molar-refractivity contribution is 7.92. The summed E-state index contributed by atoms with van der Waals surface area (Å²) in [6.07, 6.45) is 1.57. The number of aromatic nitrogens is 2. The molecule has 0 unspecified atom stereocenters. The lowest BCUT2D eigenvalue weighted by Gasteiger charge is -2.10. The van der Waals surface area contributed by atoms with Gasteiger partial charge in [0.1, 0.15) is 22.1 Å². The summed E-state index contributed by atoms with van der Waals surface area (Å²) in [4.78, 5) is 0.136. The molecule has 0 bridgehead atoms. The molecule has 0 saturated carbocycles. The second kappa shape index (κ2) is 8.65. The average Bonchev–Trinajstić information content (AvgIpc) is 3.23. The molecule has 6 nitrogen and oxygen atoms in total. The van der Waals surface area contributed by atoms with E-state index < -0.39 is 10.0 Å². The molecule has 4 aromatic rings. The number of para-hydroxylation sites is 1. The number of nitrogens with one attached hydrogen (secondary N) is 1. The van der Waals surface area contributed by atoms with Gasteiger partial charge in [-0.15, -0.1) is 0 Å². The lowest BCUT2D eigenvalue weighted by Crippen LogP contribution is -2.13. The number of sulfonamides is 1. The molecule has 0 aliphatic rings. The van der Waals surface area contributed by atoms with Crippen molar-refractivity contribution < 1.29 is 13.2 Å². The van der Waals surface area contributed by atoms with Gasteiger partial charge >= 0.3 is 0 Å². The molecule has 0 fully saturated rings.